The number of fused-ring (bicyclic) bond motifs is 2. The molecule has 5 atom stereocenters. The molecular weight excluding hydrogens is 460 g/mol. The number of carbonyl (C=O) groups is 4. The van der Waals surface area contributed by atoms with Gasteiger partial charge in [0, 0.05) is 29.9 Å². The number of H-pyrrole nitrogens is 1. The Morgan fingerprint density at radius 2 is 2.08 bits per heavy atom. The maximum absolute atomic E-state index is 13.7. The topological polar surface area (TPSA) is 121 Å². The number of hydrogen-bond donors (Lipinski definition) is 3. The number of hydrogen-bond acceptors (Lipinski definition) is 5. The van der Waals surface area contributed by atoms with Crippen molar-refractivity contribution in [2.45, 2.75) is 58.7 Å². The minimum Gasteiger partial charge on any atom is -0.490 e. The van der Waals surface area contributed by atoms with E-state index >= 15 is 0 Å². The van der Waals surface area contributed by atoms with Crippen LogP contribution in [0.5, 0.6) is 5.75 Å². The summed E-state index contributed by atoms with van der Waals surface area (Å²) < 4.78 is 5.90. The van der Waals surface area contributed by atoms with Crippen LogP contribution in [0.3, 0.4) is 0 Å². The fourth-order valence-corrected chi connectivity index (χ4v) is 6.14. The van der Waals surface area contributed by atoms with Crippen LogP contribution >= 0.6 is 0 Å². The molecule has 3 heterocycles. The number of likely N-dealkylation sites (tertiary alicyclic amines) is 1. The van der Waals surface area contributed by atoms with Gasteiger partial charge < -0.3 is 30.0 Å². The van der Waals surface area contributed by atoms with Crippen molar-refractivity contribution in [3.63, 3.8) is 0 Å². The Labute approximate surface area is 210 Å². The van der Waals surface area contributed by atoms with Gasteiger partial charge in [0.05, 0.1) is 12.1 Å². The molecule has 3 amide bonds. The standard InChI is InChI=1S/C27H34N4O5/c1-14(2)36-21-7-5-6-19-17(21)11-20(30-19)26(35)31-12-18-22(27(18,3)4)23(31)25(34)29-16(13-32)10-15-8-9-28-24(15)33/h5-7,11,13-16,18,22-23,30H,8-10,12H2,1-4H3,(H,28,33)(H,29,34)/t15-,16-,18-,22-,23-/m0/s1. The molecule has 9 heteroatoms. The van der Waals surface area contributed by atoms with Crippen LogP contribution in [0, 0.1) is 23.2 Å². The lowest BCUT2D eigenvalue weighted by atomic mass is 9.97. The molecule has 0 unspecified atom stereocenters. The molecule has 3 N–H and O–H groups in total. The second-order valence-electron chi connectivity index (χ2n) is 11.2. The highest BCUT2D eigenvalue weighted by Gasteiger charge is 2.69. The summed E-state index contributed by atoms with van der Waals surface area (Å²) >= 11 is 0. The second kappa shape index (κ2) is 8.94. The molecule has 3 aliphatic rings. The lowest BCUT2D eigenvalue weighted by molar-refractivity contribution is -0.129. The number of nitrogens with zero attached hydrogens (tertiary/aromatic N) is 1. The number of carbonyl (C=O) groups excluding carboxylic acids is 4. The van der Waals surface area contributed by atoms with Gasteiger partial charge in [-0.05, 0) is 62.1 Å². The van der Waals surface area contributed by atoms with E-state index in [4.69, 9.17) is 4.74 Å². The highest BCUT2D eigenvalue weighted by Crippen LogP contribution is 2.65. The van der Waals surface area contributed by atoms with E-state index in [0.717, 1.165) is 10.9 Å². The number of piperidine rings is 1. The Kier molecular flexibility index (Phi) is 6.04. The van der Waals surface area contributed by atoms with Crippen molar-refractivity contribution in [2.24, 2.45) is 23.2 Å². The monoisotopic (exact) mass is 494 g/mol. The van der Waals surface area contributed by atoms with Gasteiger partial charge in [0.2, 0.25) is 11.8 Å². The molecule has 2 aliphatic heterocycles. The highest BCUT2D eigenvalue weighted by atomic mass is 16.5. The Balaban J connectivity index is 1.37. The number of nitrogens with one attached hydrogen (secondary N) is 3. The number of amides is 3. The van der Waals surface area contributed by atoms with Gasteiger partial charge >= 0.3 is 0 Å². The van der Waals surface area contributed by atoms with E-state index in [1.165, 1.54) is 0 Å². The number of ether oxygens (including phenoxy) is 1. The largest absolute Gasteiger partial charge is 0.490 e. The van der Waals surface area contributed by atoms with Gasteiger partial charge in [-0.2, -0.15) is 0 Å². The fourth-order valence-electron chi connectivity index (χ4n) is 6.14. The van der Waals surface area contributed by atoms with Crippen molar-refractivity contribution in [3.05, 3.63) is 30.0 Å². The fraction of sp³-hybridized carbons (Fsp3) is 0.556. The quantitative estimate of drug-likeness (QED) is 0.486. The van der Waals surface area contributed by atoms with Crippen LogP contribution in [-0.2, 0) is 14.4 Å². The molecule has 2 aromatic rings. The van der Waals surface area contributed by atoms with E-state index < -0.39 is 12.1 Å². The Morgan fingerprint density at radius 1 is 1.31 bits per heavy atom. The molecule has 1 saturated carbocycles. The molecule has 36 heavy (non-hydrogen) atoms. The van der Waals surface area contributed by atoms with Gasteiger partial charge in [0.25, 0.3) is 5.91 Å². The molecule has 5 rings (SSSR count). The third-order valence-corrected chi connectivity index (χ3v) is 8.15. The number of aldehydes is 1. The predicted molar refractivity (Wildman–Crippen MR) is 133 cm³/mol. The van der Waals surface area contributed by atoms with E-state index in [9.17, 15) is 19.2 Å². The molecule has 0 spiro atoms. The van der Waals surface area contributed by atoms with E-state index in [1.54, 1.807) is 11.0 Å². The third kappa shape index (κ3) is 4.14. The average molecular weight is 495 g/mol. The van der Waals surface area contributed by atoms with Crippen molar-refractivity contribution < 1.29 is 23.9 Å². The van der Waals surface area contributed by atoms with Gasteiger partial charge in [-0.15, -0.1) is 0 Å². The summed E-state index contributed by atoms with van der Waals surface area (Å²) in [6, 6.07) is 5.98. The summed E-state index contributed by atoms with van der Waals surface area (Å²) in [7, 11) is 0. The van der Waals surface area contributed by atoms with Gasteiger partial charge in [0.15, 0.2) is 0 Å². The molecule has 0 bridgehead atoms. The number of benzene rings is 1. The van der Waals surface area contributed by atoms with Crippen LogP contribution in [0.1, 0.15) is 51.0 Å². The summed E-state index contributed by atoms with van der Waals surface area (Å²) in [5.74, 6) is -0.0245. The first-order valence-corrected chi connectivity index (χ1v) is 12.7. The molecule has 9 nitrogen and oxygen atoms in total. The van der Waals surface area contributed by atoms with Crippen LogP contribution < -0.4 is 15.4 Å². The minimum atomic E-state index is -0.770. The summed E-state index contributed by atoms with van der Waals surface area (Å²) in [5.41, 5.74) is 1.13. The third-order valence-electron chi connectivity index (χ3n) is 8.15. The lowest BCUT2D eigenvalue weighted by Crippen LogP contribution is -2.52. The van der Waals surface area contributed by atoms with Crippen molar-refractivity contribution in [3.8, 4) is 5.75 Å². The van der Waals surface area contributed by atoms with Crippen LogP contribution in [-0.4, -0.2) is 65.2 Å². The molecule has 1 aliphatic carbocycles. The summed E-state index contributed by atoms with van der Waals surface area (Å²) in [5, 5.41) is 6.41. The average Bonchev–Trinajstić information content (AvgIpc) is 3.34. The van der Waals surface area contributed by atoms with Gasteiger partial charge in [0.1, 0.15) is 23.8 Å². The number of aromatic nitrogens is 1. The van der Waals surface area contributed by atoms with Crippen molar-refractivity contribution in [2.75, 3.05) is 13.1 Å². The van der Waals surface area contributed by atoms with E-state index in [0.29, 0.717) is 37.2 Å². The van der Waals surface area contributed by atoms with E-state index in [-0.39, 0.29) is 53.4 Å². The van der Waals surface area contributed by atoms with Crippen LogP contribution in [0.15, 0.2) is 24.3 Å². The van der Waals surface area contributed by atoms with Gasteiger partial charge in [-0.3, -0.25) is 14.4 Å². The minimum absolute atomic E-state index is 0.00766. The zero-order chi connectivity index (χ0) is 25.8. The maximum Gasteiger partial charge on any atom is 0.271 e. The Morgan fingerprint density at radius 3 is 2.75 bits per heavy atom. The smallest absolute Gasteiger partial charge is 0.271 e. The molecule has 192 valence electrons. The Hall–Kier alpha value is -3.36. The highest BCUT2D eigenvalue weighted by molar-refractivity contribution is 6.02. The molecule has 3 fully saturated rings. The summed E-state index contributed by atoms with van der Waals surface area (Å²) in [6.07, 6.45) is 1.59. The van der Waals surface area contributed by atoms with Crippen molar-refractivity contribution in [1.82, 2.24) is 20.5 Å². The Bertz CT molecular complexity index is 1220. The van der Waals surface area contributed by atoms with Crippen LogP contribution in [0.4, 0.5) is 0 Å². The van der Waals surface area contributed by atoms with Crippen molar-refractivity contribution >= 4 is 34.9 Å². The first kappa shape index (κ1) is 24.3. The first-order chi connectivity index (χ1) is 17.1. The molecule has 1 aromatic carbocycles. The SMILES string of the molecule is CC(C)Oc1cccc2[nH]c(C(=O)N3C[C@H]4[C@@H]([C@H]3C(=O)N[C@H](C=O)C[C@@H]3CCNC3=O)C4(C)C)cc12. The normalized spacial score (nSPS) is 27.0. The molecular formula is C27H34N4O5. The lowest BCUT2D eigenvalue weighted by Gasteiger charge is -2.30. The zero-order valence-electron chi connectivity index (χ0n) is 21.2. The maximum atomic E-state index is 13.7. The second-order valence-corrected chi connectivity index (χ2v) is 11.2. The van der Waals surface area contributed by atoms with Gasteiger partial charge in [-0.25, -0.2) is 0 Å². The molecule has 1 aromatic heterocycles. The molecule has 0 radical (unpaired) electrons. The van der Waals surface area contributed by atoms with Crippen LogP contribution in [0.25, 0.3) is 10.9 Å². The van der Waals surface area contributed by atoms with Gasteiger partial charge in [-0.1, -0.05) is 19.9 Å². The van der Waals surface area contributed by atoms with E-state index in [2.05, 4.69) is 29.5 Å². The molecule has 2 saturated heterocycles. The summed E-state index contributed by atoms with van der Waals surface area (Å²) in [4.78, 5) is 55.7. The zero-order valence-corrected chi connectivity index (χ0v) is 21.2. The number of rotatable bonds is 8. The predicted octanol–water partition coefficient (Wildman–Crippen LogP) is 2.26. The van der Waals surface area contributed by atoms with Crippen LogP contribution in [0.2, 0.25) is 0 Å². The first-order valence-electron chi connectivity index (χ1n) is 12.7. The number of aromatic amines is 1. The van der Waals surface area contributed by atoms with Crippen molar-refractivity contribution in [1.29, 1.82) is 0 Å². The summed E-state index contributed by atoms with van der Waals surface area (Å²) in [6.45, 7) is 9.19. The van der Waals surface area contributed by atoms with E-state index in [1.807, 2.05) is 32.0 Å².